The lowest BCUT2D eigenvalue weighted by Crippen LogP contribution is -2.52. The average Bonchev–Trinajstić information content (AvgIpc) is 2.62. The number of hydrogen-bond donors (Lipinski definition) is 0. The van der Waals surface area contributed by atoms with Gasteiger partial charge in [0.25, 0.3) is 5.91 Å². The van der Waals surface area contributed by atoms with Crippen LogP contribution in [0.15, 0.2) is 28.7 Å². The van der Waals surface area contributed by atoms with E-state index in [0.717, 1.165) is 30.7 Å². The first-order valence-corrected chi connectivity index (χ1v) is 9.49. The fraction of sp³-hybridized carbons (Fsp3) is 0.556. The largest absolute Gasteiger partial charge is 0.484 e. The molecule has 2 rings (SSSR count). The van der Waals surface area contributed by atoms with Crippen LogP contribution in [0.1, 0.15) is 13.8 Å². The maximum absolute atomic E-state index is 12.3. The molecular weight excluding hydrogens is 386 g/mol. The van der Waals surface area contributed by atoms with Gasteiger partial charge in [0.1, 0.15) is 5.75 Å². The van der Waals surface area contributed by atoms with E-state index in [2.05, 4.69) is 20.8 Å². The van der Waals surface area contributed by atoms with Crippen LogP contribution in [-0.2, 0) is 9.59 Å². The maximum atomic E-state index is 12.3. The van der Waals surface area contributed by atoms with Crippen molar-refractivity contribution in [3.63, 3.8) is 0 Å². The van der Waals surface area contributed by atoms with Crippen LogP contribution in [0.4, 0.5) is 0 Å². The van der Waals surface area contributed by atoms with Crippen molar-refractivity contribution in [2.24, 2.45) is 0 Å². The molecular formula is C18H26BrN3O3. The summed E-state index contributed by atoms with van der Waals surface area (Å²) in [5.41, 5.74) is 0. The standard InChI is InChI=1S/C18H26BrN3O3/c1-3-21(4-2)17(23)13-20-9-11-22(12-10-20)18(24)14-25-16-7-5-15(19)6-8-16/h5-8H,3-4,9-14H2,1-2H3. The first kappa shape index (κ1) is 19.7. The highest BCUT2D eigenvalue weighted by molar-refractivity contribution is 9.10. The number of nitrogens with zero attached hydrogens (tertiary/aromatic N) is 3. The van der Waals surface area contributed by atoms with Gasteiger partial charge >= 0.3 is 0 Å². The Morgan fingerprint density at radius 2 is 1.68 bits per heavy atom. The van der Waals surface area contributed by atoms with Gasteiger partial charge in [0.15, 0.2) is 6.61 Å². The highest BCUT2D eigenvalue weighted by atomic mass is 79.9. The van der Waals surface area contributed by atoms with Crippen LogP contribution in [0.3, 0.4) is 0 Å². The molecule has 0 aliphatic carbocycles. The van der Waals surface area contributed by atoms with E-state index in [4.69, 9.17) is 4.74 Å². The van der Waals surface area contributed by atoms with Crippen LogP contribution in [0.5, 0.6) is 5.75 Å². The van der Waals surface area contributed by atoms with Crippen molar-refractivity contribution in [1.82, 2.24) is 14.7 Å². The second-order valence-electron chi connectivity index (χ2n) is 5.97. The summed E-state index contributed by atoms with van der Waals surface area (Å²) in [6.07, 6.45) is 0. The molecule has 138 valence electrons. The van der Waals surface area contributed by atoms with Gasteiger partial charge < -0.3 is 14.5 Å². The van der Waals surface area contributed by atoms with Gasteiger partial charge in [-0.2, -0.15) is 0 Å². The van der Waals surface area contributed by atoms with Crippen molar-refractivity contribution in [2.75, 3.05) is 52.4 Å². The summed E-state index contributed by atoms with van der Waals surface area (Å²) in [4.78, 5) is 30.2. The van der Waals surface area contributed by atoms with Crippen molar-refractivity contribution in [1.29, 1.82) is 0 Å². The third kappa shape index (κ3) is 6.01. The van der Waals surface area contributed by atoms with E-state index in [9.17, 15) is 9.59 Å². The Balaban J connectivity index is 1.72. The van der Waals surface area contributed by atoms with E-state index >= 15 is 0 Å². The Morgan fingerprint density at radius 3 is 2.24 bits per heavy atom. The number of benzene rings is 1. The lowest BCUT2D eigenvalue weighted by Gasteiger charge is -2.35. The van der Waals surface area contributed by atoms with Crippen LogP contribution in [0.25, 0.3) is 0 Å². The quantitative estimate of drug-likeness (QED) is 0.686. The van der Waals surface area contributed by atoms with Gasteiger partial charge in [-0.15, -0.1) is 0 Å². The minimum atomic E-state index is -0.0161. The van der Waals surface area contributed by atoms with Crippen LogP contribution in [-0.4, -0.2) is 78.9 Å². The van der Waals surface area contributed by atoms with E-state index in [1.807, 2.05) is 43.0 Å². The molecule has 7 heteroatoms. The molecule has 1 heterocycles. The summed E-state index contributed by atoms with van der Waals surface area (Å²) >= 11 is 3.37. The Labute approximate surface area is 157 Å². The third-order valence-electron chi connectivity index (χ3n) is 4.38. The Bertz CT molecular complexity index is 567. The van der Waals surface area contributed by atoms with E-state index in [0.29, 0.717) is 25.4 Å². The third-order valence-corrected chi connectivity index (χ3v) is 4.90. The fourth-order valence-corrected chi connectivity index (χ4v) is 3.05. The molecule has 2 amide bonds. The Morgan fingerprint density at radius 1 is 1.08 bits per heavy atom. The van der Waals surface area contributed by atoms with Crippen molar-refractivity contribution < 1.29 is 14.3 Å². The van der Waals surface area contributed by atoms with Crippen LogP contribution >= 0.6 is 15.9 Å². The molecule has 25 heavy (non-hydrogen) atoms. The second-order valence-corrected chi connectivity index (χ2v) is 6.88. The van der Waals surface area contributed by atoms with Gasteiger partial charge in [0.05, 0.1) is 6.54 Å². The zero-order valence-electron chi connectivity index (χ0n) is 14.9. The number of carbonyl (C=O) groups is 2. The highest BCUT2D eigenvalue weighted by Gasteiger charge is 2.23. The molecule has 0 spiro atoms. The molecule has 0 atom stereocenters. The number of piperazine rings is 1. The molecule has 1 aromatic carbocycles. The summed E-state index contributed by atoms with van der Waals surface area (Å²) in [6.45, 7) is 8.63. The van der Waals surface area contributed by atoms with Crippen LogP contribution in [0, 0.1) is 0 Å². The number of rotatable bonds is 7. The molecule has 6 nitrogen and oxygen atoms in total. The molecule has 0 saturated carbocycles. The number of halogens is 1. The van der Waals surface area contributed by atoms with Crippen molar-refractivity contribution >= 4 is 27.7 Å². The summed E-state index contributed by atoms with van der Waals surface area (Å²) in [6, 6.07) is 7.42. The zero-order chi connectivity index (χ0) is 18.2. The predicted molar refractivity (Wildman–Crippen MR) is 101 cm³/mol. The smallest absolute Gasteiger partial charge is 0.260 e. The predicted octanol–water partition coefficient (Wildman–Crippen LogP) is 1.84. The van der Waals surface area contributed by atoms with E-state index in [1.54, 1.807) is 4.90 Å². The van der Waals surface area contributed by atoms with Crippen molar-refractivity contribution in [3.05, 3.63) is 28.7 Å². The van der Waals surface area contributed by atoms with E-state index in [-0.39, 0.29) is 18.4 Å². The molecule has 0 aromatic heterocycles. The maximum Gasteiger partial charge on any atom is 0.260 e. The molecule has 0 bridgehead atoms. The molecule has 1 fully saturated rings. The van der Waals surface area contributed by atoms with Gasteiger partial charge in [-0.1, -0.05) is 15.9 Å². The number of likely N-dealkylation sites (N-methyl/N-ethyl adjacent to an activating group) is 1. The molecule has 0 unspecified atom stereocenters. The Hall–Kier alpha value is -1.60. The van der Waals surface area contributed by atoms with Gasteiger partial charge in [-0.05, 0) is 38.1 Å². The summed E-state index contributed by atoms with van der Waals surface area (Å²) in [5, 5.41) is 0. The van der Waals surface area contributed by atoms with Crippen molar-refractivity contribution in [3.8, 4) is 5.75 Å². The average molecular weight is 412 g/mol. The van der Waals surface area contributed by atoms with Gasteiger partial charge in [0, 0.05) is 43.7 Å². The first-order valence-electron chi connectivity index (χ1n) is 8.69. The number of amides is 2. The lowest BCUT2D eigenvalue weighted by atomic mass is 10.3. The fourth-order valence-electron chi connectivity index (χ4n) is 2.79. The lowest BCUT2D eigenvalue weighted by molar-refractivity contribution is -0.136. The van der Waals surface area contributed by atoms with Gasteiger partial charge in [-0.25, -0.2) is 0 Å². The monoisotopic (exact) mass is 411 g/mol. The zero-order valence-corrected chi connectivity index (χ0v) is 16.5. The minimum absolute atomic E-state index is 0.0161. The number of carbonyl (C=O) groups excluding carboxylic acids is 2. The van der Waals surface area contributed by atoms with Crippen molar-refractivity contribution in [2.45, 2.75) is 13.8 Å². The topological polar surface area (TPSA) is 53.1 Å². The second kappa shape index (κ2) is 9.77. The molecule has 1 saturated heterocycles. The molecule has 0 radical (unpaired) electrons. The van der Waals surface area contributed by atoms with E-state index in [1.165, 1.54) is 0 Å². The SMILES string of the molecule is CCN(CC)C(=O)CN1CCN(C(=O)COc2ccc(Br)cc2)CC1. The first-order chi connectivity index (χ1) is 12.0. The summed E-state index contributed by atoms with van der Waals surface area (Å²) in [5.74, 6) is 0.820. The van der Waals surface area contributed by atoms with Crippen LogP contribution < -0.4 is 4.74 Å². The molecule has 1 aliphatic heterocycles. The molecule has 0 N–H and O–H groups in total. The number of hydrogen-bond acceptors (Lipinski definition) is 4. The summed E-state index contributed by atoms with van der Waals surface area (Å²) < 4.78 is 6.52. The summed E-state index contributed by atoms with van der Waals surface area (Å²) in [7, 11) is 0. The normalized spacial score (nSPS) is 15.1. The molecule has 1 aromatic rings. The highest BCUT2D eigenvalue weighted by Crippen LogP contribution is 2.16. The molecule has 1 aliphatic rings. The Kier molecular flexibility index (Phi) is 7.71. The van der Waals surface area contributed by atoms with Gasteiger partial charge in [0.2, 0.25) is 5.91 Å². The van der Waals surface area contributed by atoms with E-state index < -0.39 is 0 Å². The minimum Gasteiger partial charge on any atom is -0.484 e. The van der Waals surface area contributed by atoms with Crippen LogP contribution in [0.2, 0.25) is 0 Å². The van der Waals surface area contributed by atoms with Gasteiger partial charge in [-0.3, -0.25) is 14.5 Å². The number of ether oxygens (including phenoxy) is 1.